The number of rotatable bonds is 1. The van der Waals surface area contributed by atoms with Gasteiger partial charge in [-0.3, -0.25) is 9.89 Å². The number of nitrogens with one attached hydrogen (secondary N) is 1. The zero-order valence-corrected chi connectivity index (χ0v) is 10.7. The first-order valence-electron chi connectivity index (χ1n) is 5.79. The number of nitrogens with zero attached hydrogens (tertiary/aromatic N) is 1. The van der Waals surface area contributed by atoms with Crippen molar-refractivity contribution < 1.29 is 0 Å². The van der Waals surface area contributed by atoms with Crippen LogP contribution in [0.15, 0.2) is 35.1 Å². The van der Waals surface area contributed by atoms with Crippen molar-refractivity contribution in [3.8, 4) is 11.1 Å². The normalized spacial score (nSPS) is 11.8. The maximum atomic E-state index is 12.4. The van der Waals surface area contributed by atoms with Crippen molar-refractivity contribution in [2.45, 2.75) is 33.2 Å². The molecule has 0 fully saturated rings. The predicted octanol–water partition coefficient (Wildman–Crippen LogP) is 2.91. The summed E-state index contributed by atoms with van der Waals surface area (Å²) in [6.45, 7) is 7.98. The highest BCUT2D eigenvalue weighted by Gasteiger charge is 2.20. The lowest BCUT2D eigenvalue weighted by atomic mass is 10.1. The molecule has 1 aromatic heterocycles. The van der Waals surface area contributed by atoms with Crippen LogP contribution < -0.4 is 5.56 Å². The van der Waals surface area contributed by atoms with Gasteiger partial charge in [-0.25, -0.2) is 4.68 Å². The highest BCUT2D eigenvalue weighted by molar-refractivity contribution is 5.64. The molecule has 2 rings (SSSR count). The molecular formula is C14H18N2O. The molecule has 2 aromatic rings. The topological polar surface area (TPSA) is 37.8 Å². The largest absolute Gasteiger partial charge is 0.299 e. The van der Waals surface area contributed by atoms with Crippen molar-refractivity contribution in [3.05, 3.63) is 46.4 Å². The Labute approximate surface area is 101 Å². The Morgan fingerprint density at radius 2 is 1.71 bits per heavy atom. The third-order valence-corrected chi connectivity index (χ3v) is 2.80. The van der Waals surface area contributed by atoms with Crippen LogP contribution in [-0.4, -0.2) is 9.78 Å². The third kappa shape index (κ3) is 2.05. The Morgan fingerprint density at radius 3 is 2.18 bits per heavy atom. The minimum atomic E-state index is -0.227. The van der Waals surface area contributed by atoms with Crippen molar-refractivity contribution in [2.24, 2.45) is 0 Å². The van der Waals surface area contributed by atoms with Gasteiger partial charge in [0.2, 0.25) is 0 Å². The molecule has 1 N–H and O–H groups in total. The summed E-state index contributed by atoms with van der Waals surface area (Å²) in [7, 11) is 0. The summed E-state index contributed by atoms with van der Waals surface area (Å²) in [5.41, 5.74) is 2.46. The molecule has 0 aliphatic heterocycles. The fourth-order valence-corrected chi connectivity index (χ4v) is 1.96. The first-order chi connectivity index (χ1) is 7.91. The molecule has 0 atom stereocenters. The van der Waals surface area contributed by atoms with Crippen molar-refractivity contribution in [1.82, 2.24) is 9.78 Å². The van der Waals surface area contributed by atoms with Gasteiger partial charge in [0, 0.05) is 5.69 Å². The second kappa shape index (κ2) is 3.91. The molecule has 0 aliphatic rings. The molecule has 0 unspecified atom stereocenters. The maximum absolute atomic E-state index is 12.4. The highest BCUT2D eigenvalue weighted by atomic mass is 16.1. The number of aromatic nitrogens is 2. The van der Waals surface area contributed by atoms with E-state index in [1.165, 1.54) is 0 Å². The van der Waals surface area contributed by atoms with E-state index in [1.54, 1.807) is 4.68 Å². The van der Waals surface area contributed by atoms with Crippen LogP contribution in [0.5, 0.6) is 0 Å². The second-order valence-corrected chi connectivity index (χ2v) is 5.29. The smallest absolute Gasteiger partial charge is 0.275 e. The van der Waals surface area contributed by atoms with Gasteiger partial charge in [-0.1, -0.05) is 30.3 Å². The monoisotopic (exact) mass is 230 g/mol. The standard InChI is InChI=1S/C14H18N2O/c1-10-12(11-8-6-5-7-9-11)13(17)16(15-10)14(2,3)4/h5-9,15H,1-4H3. The van der Waals surface area contributed by atoms with E-state index in [9.17, 15) is 4.79 Å². The van der Waals surface area contributed by atoms with Crippen LogP contribution in [0.2, 0.25) is 0 Å². The first-order valence-corrected chi connectivity index (χ1v) is 5.79. The average molecular weight is 230 g/mol. The molecule has 0 bridgehead atoms. The zero-order chi connectivity index (χ0) is 12.6. The molecule has 0 saturated heterocycles. The molecule has 0 radical (unpaired) electrons. The molecular weight excluding hydrogens is 212 g/mol. The summed E-state index contributed by atoms with van der Waals surface area (Å²) >= 11 is 0. The van der Waals surface area contributed by atoms with Crippen molar-refractivity contribution in [1.29, 1.82) is 0 Å². The van der Waals surface area contributed by atoms with Gasteiger partial charge in [0.1, 0.15) is 0 Å². The predicted molar refractivity (Wildman–Crippen MR) is 70.2 cm³/mol. The van der Waals surface area contributed by atoms with Crippen LogP contribution >= 0.6 is 0 Å². The lowest BCUT2D eigenvalue weighted by Gasteiger charge is -2.19. The van der Waals surface area contributed by atoms with Crippen LogP contribution in [0, 0.1) is 6.92 Å². The summed E-state index contributed by atoms with van der Waals surface area (Å²) < 4.78 is 1.69. The van der Waals surface area contributed by atoms with Gasteiger partial charge < -0.3 is 0 Å². The lowest BCUT2D eigenvalue weighted by Crippen LogP contribution is -2.32. The summed E-state index contributed by atoms with van der Waals surface area (Å²) in [6.07, 6.45) is 0. The number of hydrogen-bond donors (Lipinski definition) is 1. The molecule has 3 nitrogen and oxygen atoms in total. The van der Waals surface area contributed by atoms with Gasteiger partial charge in [-0.15, -0.1) is 0 Å². The SMILES string of the molecule is Cc1[nH]n(C(C)(C)C)c(=O)c1-c1ccccc1. The fraction of sp³-hybridized carbons (Fsp3) is 0.357. The number of benzene rings is 1. The van der Waals surface area contributed by atoms with Crippen molar-refractivity contribution in [2.75, 3.05) is 0 Å². The van der Waals surface area contributed by atoms with Crippen molar-refractivity contribution in [3.63, 3.8) is 0 Å². The van der Waals surface area contributed by atoms with Gasteiger partial charge in [-0.2, -0.15) is 0 Å². The molecule has 0 spiro atoms. The van der Waals surface area contributed by atoms with E-state index in [2.05, 4.69) is 5.10 Å². The minimum Gasteiger partial charge on any atom is -0.299 e. The molecule has 17 heavy (non-hydrogen) atoms. The number of H-pyrrole nitrogens is 1. The van der Waals surface area contributed by atoms with Crippen LogP contribution in [-0.2, 0) is 5.54 Å². The Hall–Kier alpha value is -1.77. The van der Waals surface area contributed by atoms with E-state index in [4.69, 9.17) is 0 Å². The Bertz CT molecular complexity index is 571. The van der Waals surface area contributed by atoms with Crippen LogP contribution in [0.3, 0.4) is 0 Å². The minimum absolute atomic E-state index is 0.0428. The second-order valence-electron chi connectivity index (χ2n) is 5.29. The van der Waals surface area contributed by atoms with Gasteiger partial charge in [0.05, 0.1) is 11.1 Å². The maximum Gasteiger partial charge on any atom is 0.275 e. The molecule has 3 heteroatoms. The van der Waals surface area contributed by atoms with E-state index < -0.39 is 0 Å². The summed E-state index contributed by atoms with van der Waals surface area (Å²) in [4.78, 5) is 12.4. The Morgan fingerprint density at radius 1 is 1.12 bits per heavy atom. The van der Waals surface area contributed by atoms with E-state index in [1.807, 2.05) is 58.0 Å². The van der Waals surface area contributed by atoms with Crippen LogP contribution in [0.4, 0.5) is 0 Å². The summed E-state index contributed by atoms with van der Waals surface area (Å²) in [6, 6.07) is 9.77. The number of aromatic amines is 1. The fourth-order valence-electron chi connectivity index (χ4n) is 1.96. The van der Waals surface area contributed by atoms with Crippen LogP contribution in [0.1, 0.15) is 26.5 Å². The number of aryl methyl sites for hydroxylation is 1. The van der Waals surface area contributed by atoms with Gasteiger partial charge in [-0.05, 0) is 33.3 Å². The van der Waals surface area contributed by atoms with Crippen molar-refractivity contribution >= 4 is 0 Å². The van der Waals surface area contributed by atoms with E-state index >= 15 is 0 Å². The highest BCUT2D eigenvalue weighted by Crippen LogP contribution is 2.20. The molecule has 1 aromatic carbocycles. The molecule has 0 saturated carbocycles. The summed E-state index contributed by atoms with van der Waals surface area (Å²) in [5.74, 6) is 0. The lowest BCUT2D eigenvalue weighted by molar-refractivity contribution is 0.344. The van der Waals surface area contributed by atoms with Gasteiger partial charge in [0.25, 0.3) is 5.56 Å². The Balaban J connectivity index is 2.66. The van der Waals surface area contributed by atoms with Gasteiger partial charge >= 0.3 is 0 Å². The molecule has 0 amide bonds. The molecule has 1 heterocycles. The Kier molecular flexibility index (Phi) is 2.69. The zero-order valence-electron chi connectivity index (χ0n) is 10.7. The van der Waals surface area contributed by atoms with E-state index in [0.29, 0.717) is 0 Å². The quantitative estimate of drug-likeness (QED) is 0.803. The van der Waals surface area contributed by atoms with Gasteiger partial charge in [0.15, 0.2) is 0 Å². The molecule has 0 aliphatic carbocycles. The number of hydrogen-bond acceptors (Lipinski definition) is 1. The average Bonchev–Trinajstić information content (AvgIpc) is 2.55. The van der Waals surface area contributed by atoms with E-state index in [-0.39, 0.29) is 11.1 Å². The van der Waals surface area contributed by atoms with E-state index in [0.717, 1.165) is 16.8 Å². The third-order valence-electron chi connectivity index (χ3n) is 2.80. The summed E-state index contributed by atoms with van der Waals surface area (Å²) in [5, 5.41) is 3.16. The molecule has 90 valence electrons. The first kappa shape index (κ1) is 11.7. The van der Waals surface area contributed by atoms with Crippen LogP contribution in [0.25, 0.3) is 11.1 Å².